The highest BCUT2D eigenvalue weighted by molar-refractivity contribution is 5.88. The molecule has 2 N–H and O–H groups in total. The number of anilines is 2. The Bertz CT molecular complexity index is 806. The van der Waals surface area contributed by atoms with Gasteiger partial charge in [0.2, 0.25) is 5.91 Å². The number of ether oxygens (including phenoxy) is 2. The predicted octanol–water partition coefficient (Wildman–Crippen LogP) is 2.22. The lowest BCUT2D eigenvalue weighted by atomic mass is 10.2. The summed E-state index contributed by atoms with van der Waals surface area (Å²) in [5, 5.41) is 13.1. The number of nitrogens with zero attached hydrogens (tertiary/aromatic N) is 2. The fourth-order valence-corrected chi connectivity index (χ4v) is 3.41. The molecule has 0 aromatic heterocycles. The van der Waals surface area contributed by atoms with Crippen LogP contribution in [0.3, 0.4) is 0 Å². The minimum Gasteiger partial charge on any atom is -0.497 e. The minimum absolute atomic E-state index is 0.129. The van der Waals surface area contributed by atoms with E-state index in [9.17, 15) is 9.90 Å². The molecule has 0 spiro atoms. The lowest BCUT2D eigenvalue weighted by molar-refractivity contribution is -0.114. The minimum atomic E-state index is -0.581. The molecular weight excluding hydrogens is 370 g/mol. The average Bonchev–Trinajstić information content (AvgIpc) is 2.73. The summed E-state index contributed by atoms with van der Waals surface area (Å²) in [7, 11) is 1.68. The van der Waals surface area contributed by atoms with Crippen LogP contribution < -0.4 is 19.7 Å². The van der Waals surface area contributed by atoms with E-state index in [4.69, 9.17) is 9.47 Å². The fraction of sp³-hybridized carbons (Fsp3) is 0.409. The summed E-state index contributed by atoms with van der Waals surface area (Å²) in [5.74, 6) is 1.36. The summed E-state index contributed by atoms with van der Waals surface area (Å²) < 4.78 is 11.0. The zero-order chi connectivity index (χ0) is 20.6. The third kappa shape index (κ3) is 6.37. The number of rotatable bonds is 8. The van der Waals surface area contributed by atoms with Gasteiger partial charge in [-0.25, -0.2) is 0 Å². The number of carbonyl (C=O) groups excluding carboxylic acids is 1. The van der Waals surface area contributed by atoms with E-state index in [2.05, 4.69) is 21.2 Å². The Kier molecular flexibility index (Phi) is 7.32. The van der Waals surface area contributed by atoms with Crippen molar-refractivity contribution in [3.63, 3.8) is 0 Å². The summed E-state index contributed by atoms with van der Waals surface area (Å²) in [6, 6.07) is 15.3. The SMILES string of the molecule is COc1cccc(N2CCN(CC(O)COc3cccc(NC(C)=O)c3)CC2)c1. The number of methoxy groups -OCH3 is 1. The summed E-state index contributed by atoms with van der Waals surface area (Å²) in [6.07, 6.45) is -0.581. The highest BCUT2D eigenvalue weighted by Crippen LogP contribution is 2.22. The van der Waals surface area contributed by atoms with Crippen molar-refractivity contribution >= 4 is 17.3 Å². The number of carbonyl (C=O) groups is 1. The maximum absolute atomic E-state index is 11.2. The topological polar surface area (TPSA) is 74.3 Å². The van der Waals surface area contributed by atoms with E-state index in [0.717, 1.165) is 37.6 Å². The van der Waals surface area contributed by atoms with E-state index in [1.165, 1.54) is 6.92 Å². The molecule has 2 aromatic carbocycles. The standard InChI is InChI=1S/C22H29N3O4/c1-17(26)23-18-5-3-8-22(13-18)29-16-20(27)15-24-9-11-25(12-10-24)19-6-4-7-21(14-19)28-2/h3-8,13-14,20,27H,9-12,15-16H2,1-2H3,(H,23,26). The van der Waals surface area contributed by atoms with Gasteiger partial charge in [0.15, 0.2) is 0 Å². The van der Waals surface area contributed by atoms with Gasteiger partial charge in [-0.1, -0.05) is 12.1 Å². The maximum Gasteiger partial charge on any atom is 0.221 e. The number of aliphatic hydroxyl groups is 1. The molecule has 1 saturated heterocycles. The van der Waals surface area contributed by atoms with Crippen LogP contribution >= 0.6 is 0 Å². The van der Waals surface area contributed by atoms with Crippen LogP contribution in [0.2, 0.25) is 0 Å². The van der Waals surface area contributed by atoms with Gasteiger partial charge in [-0.15, -0.1) is 0 Å². The number of amides is 1. The van der Waals surface area contributed by atoms with Gasteiger partial charge in [0, 0.05) is 63.2 Å². The van der Waals surface area contributed by atoms with Crippen LogP contribution in [-0.2, 0) is 4.79 Å². The lowest BCUT2D eigenvalue weighted by Gasteiger charge is -2.37. The first-order valence-electron chi connectivity index (χ1n) is 9.83. The Morgan fingerprint density at radius 3 is 2.55 bits per heavy atom. The molecule has 0 saturated carbocycles. The molecule has 1 heterocycles. The van der Waals surface area contributed by atoms with Crippen molar-refractivity contribution in [2.24, 2.45) is 0 Å². The molecular formula is C22H29N3O4. The van der Waals surface area contributed by atoms with Gasteiger partial charge < -0.3 is 24.8 Å². The molecule has 1 amide bonds. The number of aliphatic hydroxyl groups excluding tert-OH is 1. The van der Waals surface area contributed by atoms with E-state index in [0.29, 0.717) is 18.0 Å². The zero-order valence-corrected chi connectivity index (χ0v) is 17.0. The molecule has 0 radical (unpaired) electrons. The zero-order valence-electron chi connectivity index (χ0n) is 17.0. The van der Waals surface area contributed by atoms with Crippen LogP contribution in [0.15, 0.2) is 48.5 Å². The third-order valence-electron chi connectivity index (χ3n) is 4.86. The summed E-state index contributed by atoms with van der Waals surface area (Å²) >= 11 is 0. The predicted molar refractivity (Wildman–Crippen MR) is 114 cm³/mol. The molecule has 3 rings (SSSR count). The van der Waals surface area contributed by atoms with Crippen molar-refractivity contribution in [1.82, 2.24) is 4.90 Å². The molecule has 0 bridgehead atoms. The van der Waals surface area contributed by atoms with Gasteiger partial charge in [0.25, 0.3) is 0 Å². The molecule has 1 aliphatic heterocycles. The van der Waals surface area contributed by atoms with Gasteiger partial charge in [-0.05, 0) is 24.3 Å². The van der Waals surface area contributed by atoms with Crippen molar-refractivity contribution in [3.05, 3.63) is 48.5 Å². The van der Waals surface area contributed by atoms with E-state index < -0.39 is 6.10 Å². The Labute approximate surface area is 171 Å². The van der Waals surface area contributed by atoms with Crippen molar-refractivity contribution in [2.75, 3.05) is 56.7 Å². The molecule has 7 nitrogen and oxygen atoms in total. The van der Waals surface area contributed by atoms with Crippen LogP contribution in [0.5, 0.6) is 11.5 Å². The lowest BCUT2D eigenvalue weighted by Crippen LogP contribution is -2.49. The van der Waals surface area contributed by atoms with E-state index in [-0.39, 0.29) is 12.5 Å². The van der Waals surface area contributed by atoms with Crippen LogP contribution in [0.4, 0.5) is 11.4 Å². The Hall–Kier alpha value is -2.77. The normalized spacial score (nSPS) is 15.6. The number of piperazine rings is 1. The third-order valence-corrected chi connectivity index (χ3v) is 4.86. The Morgan fingerprint density at radius 2 is 1.83 bits per heavy atom. The summed E-state index contributed by atoms with van der Waals surface area (Å²) in [4.78, 5) is 15.7. The first kappa shape index (κ1) is 21.0. The number of nitrogens with one attached hydrogen (secondary N) is 1. The number of hydrogen-bond acceptors (Lipinski definition) is 6. The van der Waals surface area contributed by atoms with Crippen LogP contribution in [-0.4, -0.2) is 68.5 Å². The number of benzene rings is 2. The van der Waals surface area contributed by atoms with Crippen LogP contribution in [0.1, 0.15) is 6.92 Å². The molecule has 7 heteroatoms. The summed E-state index contributed by atoms with van der Waals surface area (Å²) in [5.41, 5.74) is 1.84. The first-order valence-corrected chi connectivity index (χ1v) is 9.83. The second-order valence-electron chi connectivity index (χ2n) is 7.16. The Morgan fingerprint density at radius 1 is 1.10 bits per heavy atom. The summed E-state index contributed by atoms with van der Waals surface area (Å²) in [6.45, 7) is 5.81. The highest BCUT2D eigenvalue weighted by Gasteiger charge is 2.20. The van der Waals surface area contributed by atoms with E-state index >= 15 is 0 Å². The second kappa shape index (κ2) is 10.1. The van der Waals surface area contributed by atoms with Crippen molar-refractivity contribution in [1.29, 1.82) is 0 Å². The Balaban J connectivity index is 1.43. The molecule has 1 atom stereocenters. The van der Waals surface area contributed by atoms with E-state index in [1.807, 2.05) is 30.3 Å². The molecule has 0 aliphatic carbocycles. The number of hydrogen-bond donors (Lipinski definition) is 2. The molecule has 1 aliphatic rings. The van der Waals surface area contributed by atoms with Gasteiger partial charge >= 0.3 is 0 Å². The molecule has 1 fully saturated rings. The fourth-order valence-electron chi connectivity index (χ4n) is 3.41. The van der Waals surface area contributed by atoms with Crippen molar-refractivity contribution in [2.45, 2.75) is 13.0 Å². The molecule has 2 aromatic rings. The number of β-amino-alcohol motifs (C(OH)–C–C–N with tert-alkyl or cyclic N) is 1. The maximum atomic E-state index is 11.2. The highest BCUT2D eigenvalue weighted by atomic mass is 16.5. The van der Waals surface area contributed by atoms with Gasteiger partial charge in [-0.2, -0.15) is 0 Å². The largest absolute Gasteiger partial charge is 0.497 e. The van der Waals surface area contributed by atoms with Crippen molar-refractivity contribution < 1.29 is 19.4 Å². The average molecular weight is 399 g/mol. The first-order chi connectivity index (χ1) is 14.0. The molecule has 29 heavy (non-hydrogen) atoms. The monoisotopic (exact) mass is 399 g/mol. The second-order valence-corrected chi connectivity index (χ2v) is 7.16. The van der Waals surface area contributed by atoms with Gasteiger partial charge in [-0.3, -0.25) is 9.69 Å². The van der Waals surface area contributed by atoms with E-state index in [1.54, 1.807) is 19.2 Å². The van der Waals surface area contributed by atoms with Crippen molar-refractivity contribution in [3.8, 4) is 11.5 Å². The van der Waals surface area contributed by atoms with Gasteiger partial charge in [0.1, 0.15) is 24.2 Å². The molecule has 1 unspecified atom stereocenters. The van der Waals surface area contributed by atoms with Crippen LogP contribution in [0, 0.1) is 0 Å². The van der Waals surface area contributed by atoms with Gasteiger partial charge in [0.05, 0.1) is 7.11 Å². The van der Waals surface area contributed by atoms with Crippen LogP contribution in [0.25, 0.3) is 0 Å². The smallest absolute Gasteiger partial charge is 0.221 e. The molecule has 156 valence electrons. The quantitative estimate of drug-likeness (QED) is 0.709.